The molecule has 0 amide bonds. The van der Waals surface area contributed by atoms with Crippen molar-refractivity contribution in [1.82, 2.24) is 4.90 Å². The van der Waals surface area contributed by atoms with E-state index in [2.05, 4.69) is 30.5 Å². The summed E-state index contributed by atoms with van der Waals surface area (Å²) in [5.41, 5.74) is -0.519. The Balaban J connectivity index is 2.32. The van der Waals surface area contributed by atoms with Gasteiger partial charge in [0, 0.05) is 23.6 Å². The summed E-state index contributed by atoms with van der Waals surface area (Å²) in [6, 6.07) is 0. The molecular formula is C12H25NOS. The molecule has 1 heterocycles. The zero-order valence-corrected chi connectivity index (χ0v) is 11.4. The molecule has 0 aliphatic carbocycles. The second kappa shape index (κ2) is 5.07. The Hall–Kier alpha value is 0.270. The summed E-state index contributed by atoms with van der Waals surface area (Å²) in [7, 11) is 0. The minimum atomic E-state index is -0.519. The Labute approximate surface area is 98.4 Å². The van der Waals surface area contributed by atoms with Gasteiger partial charge < -0.3 is 10.0 Å². The van der Waals surface area contributed by atoms with Gasteiger partial charge in [-0.15, -0.1) is 0 Å². The lowest BCUT2D eigenvalue weighted by molar-refractivity contribution is 0.0583. The van der Waals surface area contributed by atoms with Crippen molar-refractivity contribution in [3.05, 3.63) is 0 Å². The zero-order valence-electron chi connectivity index (χ0n) is 10.5. The van der Waals surface area contributed by atoms with Crippen molar-refractivity contribution in [2.75, 3.05) is 25.4 Å². The molecule has 0 saturated carbocycles. The molecule has 0 bridgehead atoms. The number of hydrogen-bond acceptors (Lipinski definition) is 3. The number of thioether (sulfide) groups is 1. The number of rotatable bonds is 3. The molecule has 1 aliphatic heterocycles. The van der Waals surface area contributed by atoms with Gasteiger partial charge in [0.2, 0.25) is 0 Å². The van der Waals surface area contributed by atoms with E-state index in [1.165, 1.54) is 25.3 Å². The molecular weight excluding hydrogens is 206 g/mol. The molecule has 0 atom stereocenters. The minimum absolute atomic E-state index is 0.434. The summed E-state index contributed by atoms with van der Waals surface area (Å²) in [5, 5.41) is 9.69. The highest BCUT2D eigenvalue weighted by Crippen LogP contribution is 2.30. The van der Waals surface area contributed by atoms with Crippen molar-refractivity contribution >= 4 is 11.8 Å². The van der Waals surface area contributed by atoms with Gasteiger partial charge in [0.15, 0.2) is 0 Å². The predicted octanol–water partition coefficient (Wildman–Crippen LogP) is 2.36. The standard InChI is InChI=1S/C12H25NOS/c1-11(2,14)5-7-13-8-6-12(3,4)15-10-9-13/h14H,5-10H2,1-4H3. The molecule has 1 rings (SSSR count). The molecule has 0 aromatic rings. The van der Waals surface area contributed by atoms with Gasteiger partial charge in [0.1, 0.15) is 0 Å². The van der Waals surface area contributed by atoms with E-state index < -0.39 is 5.60 Å². The smallest absolute Gasteiger partial charge is 0.0603 e. The van der Waals surface area contributed by atoms with Crippen molar-refractivity contribution in [3.8, 4) is 0 Å². The van der Waals surface area contributed by atoms with Gasteiger partial charge >= 0.3 is 0 Å². The van der Waals surface area contributed by atoms with E-state index >= 15 is 0 Å². The molecule has 0 radical (unpaired) electrons. The van der Waals surface area contributed by atoms with Crippen molar-refractivity contribution < 1.29 is 5.11 Å². The van der Waals surface area contributed by atoms with E-state index in [1.807, 2.05) is 13.8 Å². The lowest BCUT2D eigenvalue weighted by Crippen LogP contribution is -2.33. The molecule has 15 heavy (non-hydrogen) atoms. The number of nitrogens with zero attached hydrogens (tertiary/aromatic N) is 1. The van der Waals surface area contributed by atoms with Gasteiger partial charge in [-0.3, -0.25) is 0 Å². The summed E-state index contributed by atoms with van der Waals surface area (Å²) in [6.45, 7) is 11.8. The molecule has 1 saturated heterocycles. The normalized spacial score (nSPS) is 23.8. The zero-order chi connectivity index (χ0) is 11.5. The predicted molar refractivity (Wildman–Crippen MR) is 68.5 cm³/mol. The van der Waals surface area contributed by atoms with Crippen LogP contribution in [0.3, 0.4) is 0 Å². The molecule has 0 spiro atoms. The molecule has 1 N–H and O–H groups in total. The third-order valence-electron chi connectivity index (χ3n) is 2.97. The maximum absolute atomic E-state index is 9.69. The largest absolute Gasteiger partial charge is 0.390 e. The number of hydrogen-bond donors (Lipinski definition) is 1. The van der Waals surface area contributed by atoms with Crippen molar-refractivity contribution in [3.63, 3.8) is 0 Å². The Kier molecular flexibility index (Phi) is 4.50. The maximum Gasteiger partial charge on any atom is 0.0603 e. The van der Waals surface area contributed by atoms with Crippen LogP contribution in [-0.2, 0) is 0 Å². The average molecular weight is 231 g/mol. The van der Waals surface area contributed by atoms with Gasteiger partial charge in [0.25, 0.3) is 0 Å². The Morgan fingerprint density at radius 2 is 2.00 bits per heavy atom. The minimum Gasteiger partial charge on any atom is -0.390 e. The Morgan fingerprint density at radius 1 is 1.33 bits per heavy atom. The van der Waals surface area contributed by atoms with Crippen molar-refractivity contribution in [1.29, 1.82) is 0 Å². The summed E-state index contributed by atoms with van der Waals surface area (Å²) in [5.74, 6) is 1.22. The topological polar surface area (TPSA) is 23.5 Å². The van der Waals surface area contributed by atoms with Gasteiger partial charge in [-0.1, -0.05) is 13.8 Å². The summed E-state index contributed by atoms with van der Waals surface area (Å²) in [6.07, 6.45) is 2.13. The van der Waals surface area contributed by atoms with E-state index in [0.29, 0.717) is 4.75 Å². The van der Waals surface area contributed by atoms with Gasteiger partial charge in [-0.25, -0.2) is 0 Å². The van der Waals surface area contributed by atoms with Crippen LogP contribution in [0.15, 0.2) is 0 Å². The highest BCUT2D eigenvalue weighted by Gasteiger charge is 2.24. The first-order valence-electron chi connectivity index (χ1n) is 5.87. The van der Waals surface area contributed by atoms with E-state index in [1.54, 1.807) is 0 Å². The molecule has 90 valence electrons. The molecule has 2 nitrogen and oxygen atoms in total. The fourth-order valence-corrected chi connectivity index (χ4v) is 2.86. The third kappa shape index (κ3) is 5.79. The van der Waals surface area contributed by atoms with Crippen LogP contribution in [0.2, 0.25) is 0 Å². The molecule has 3 heteroatoms. The molecule has 1 fully saturated rings. The first-order valence-corrected chi connectivity index (χ1v) is 6.86. The fraction of sp³-hybridized carbons (Fsp3) is 1.00. The summed E-state index contributed by atoms with van der Waals surface area (Å²) in [4.78, 5) is 2.49. The maximum atomic E-state index is 9.69. The average Bonchev–Trinajstić information content (AvgIpc) is 2.22. The lowest BCUT2D eigenvalue weighted by Gasteiger charge is -2.25. The highest BCUT2D eigenvalue weighted by atomic mass is 32.2. The Bertz CT molecular complexity index is 198. The van der Waals surface area contributed by atoms with Crippen molar-refractivity contribution in [2.24, 2.45) is 0 Å². The first-order chi connectivity index (χ1) is 6.79. The van der Waals surface area contributed by atoms with Crippen LogP contribution in [0.5, 0.6) is 0 Å². The van der Waals surface area contributed by atoms with E-state index in [-0.39, 0.29) is 0 Å². The summed E-state index contributed by atoms with van der Waals surface area (Å²) < 4.78 is 0.434. The second-order valence-electron chi connectivity index (χ2n) is 5.76. The van der Waals surface area contributed by atoms with Crippen LogP contribution in [0.1, 0.15) is 40.5 Å². The van der Waals surface area contributed by atoms with Gasteiger partial charge in [-0.05, 0) is 33.2 Å². The first kappa shape index (κ1) is 13.3. The molecule has 0 aromatic heterocycles. The van der Waals surface area contributed by atoms with E-state index in [4.69, 9.17) is 0 Å². The fourth-order valence-electron chi connectivity index (χ4n) is 1.72. The third-order valence-corrected chi connectivity index (χ3v) is 4.34. The van der Waals surface area contributed by atoms with Gasteiger partial charge in [-0.2, -0.15) is 11.8 Å². The van der Waals surface area contributed by atoms with E-state index in [9.17, 15) is 5.11 Å². The quantitative estimate of drug-likeness (QED) is 0.806. The van der Waals surface area contributed by atoms with Crippen LogP contribution >= 0.6 is 11.8 Å². The Morgan fingerprint density at radius 3 is 2.60 bits per heavy atom. The molecule has 0 aromatic carbocycles. The summed E-state index contributed by atoms with van der Waals surface area (Å²) >= 11 is 2.07. The molecule has 1 aliphatic rings. The number of aliphatic hydroxyl groups is 1. The SMILES string of the molecule is CC(C)(O)CCN1CCSC(C)(C)CC1. The lowest BCUT2D eigenvalue weighted by atomic mass is 10.0. The molecule has 0 unspecified atom stereocenters. The van der Waals surface area contributed by atoms with Gasteiger partial charge in [0.05, 0.1) is 5.60 Å². The highest BCUT2D eigenvalue weighted by molar-refractivity contribution is 8.00. The van der Waals surface area contributed by atoms with Crippen molar-refractivity contribution in [2.45, 2.75) is 50.9 Å². The van der Waals surface area contributed by atoms with E-state index in [0.717, 1.165) is 13.0 Å². The van der Waals surface area contributed by atoms with Crippen LogP contribution in [0, 0.1) is 0 Å². The monoisotopic (exact) mass is 231 g/mol. The van der Waals surface area contributed by atoms with Crippen LogP contribution in [0.4, 0.5) is 0 Å². The second-order valence-corrected chi connectivity index (χ2v) is 7.56. The van der Waals surface area contributed by atoms with Crippen LogP contribution < -0.4 is 0 Å². The van der Waals surface area contributed by atoms with Crippen LogP contribution in [-0.4, -0.2) is 45.7 Å². The van der Waals surface area contributed by atoms with Crippen LogP contribution in [0.25, 0.3) is 0 Å².